The molecule has 2 aromatic rings. The van der Waals surface area contributed by atoms with E-state index in [2.05, 4.69) is 41.4 Å². The fourth-order valence-corrected chi connectivity index (χ4v) is 2.69. The first-order chi connectivity index (χ1) is 8.70. The largest absolute Gasteiger partial charge is 0.357 e. The van der Waals surface area contributed by atoms with Crippen LogP contribution in [0.2, 0.25) is 0 Å². The molecule has 0 radical (unpaired) electrons. The van der Waals surface area contributed by atoms with Crippen molar-refractivity contribution >= 4 is 17.2 Å². The standard InChI is InChI=1S/C14H19N3S/c1-11(9-13-6-4-8-18-13)17(2)14-7-3-5-12(10-15)16-14/h3-8,11H,9-10,15H2,1-2H3. The fourth-order valence-electron chi connectivity index (χ4n) is 1.86. The van der Waals surface area contributed by atoms with Crippen LogP contribution in [0.15, 0.2) is 35.7 Å². The van der Waals surface area contributed by atoms with Crippen molar-refractivity contribution in [1.29, 1.82) is 0 Å². The average Bonchev–Trinajstić information content (AvgIpc) is 2.90. The van der Waals surface area contributed by atoms with Gasteiger partial charge < -0.3 is 10.6 Å². The maximum Gasteiger partial charge on any atom is 0.128 e. The van der Waals surface area contributed by atoms with Crippen LogP contribution in [0.5, 0.6) is 0 Å². The molecule has 96 valence electrons. The molecule has 2 heterocycles. The third kappa shape index (κ3) is 3.09. The number of pyridine rings is 1. The Hall–Kier alpha value is -1.39. The highest BCUT2D eigenvalue weighted by molar-refractivity contribution is 7.09. The lowest BCUT2D eigenvalue weighted by atomic mass is 10.2. The molecule has 18 heavy (non-hydrogen) atoms. The van der Waals surface area contributed by atoms with Gasteiger partial charge in [0.05, 0.1) is 5.69 Å². The monoisotopic (exact) mass is 261 g/mol. The molecule has 0 aliphatic carbocycles. The number of nitrogens with zero attached hydrogens (tertiary/aromatic N) is 2. The zero-order valence-electron chi connectivity index (χ0n) is 10.8. The minimum absolute atomic E-state index is 0.421. The highest BCUT2D eigenvalue weighted by atomic mass is 32.1. The van der Waals surface area contributed by atoms with E-state index in [1.54, 1.807) is 11.3 Å². The van der Waals surface area contributed by atoms with Crippen LogP contribution in [0.1, 0.15) is 17.5 Å². The van der Waals surface area contributed by atoms with Crippen molar-refractivity contribution < 1.29 is 0 Å². The van der Waals surface area contributed by atoms with Crippen molar-refractivity contribution in [3.8, 4) is 0 Å². The molecule has 0 saturated carbocycles. The maximum atomic E-state index is 5.63. The number of thiophene rings is 1. The molecule has 0 aliphatic heterocycles. The zero-order valence-corrected chi connectivity index (χ0v) is 11.7. The number of hydrogen-bond acceptors (Lipinski definition) is 4. The van der Waals surface area contributed by atoms with Crippen LogP contribution >= 0.6 is 11.3 Å². The second-order valence-electron chi connectivity index (χ2n) is 4.43. The SMILES string of the molecule is CC(Cc1cccs1)N(C)c1cccc(CN)n1. The van der Waals surface area contributed by atoms with Crippen molar-refractivity contribution in [2.24, 2.45) is 5.73 Å². The Bertz CT molecular complexity index is 482. The molecule has 3 nitrogen and oxygen atoms in total. The zero-order chi connectivity index (χ0) is 13.0. The van der Waals surface area contributed by atoms with E-state index >= 15 is 0 Å². The number of aromatic nitrogens is 1. The fraction of sp³-hybridized carbons (Fsp3) is 0.357. The Morgan fingerprint density at radius 2 is 2.17 bits per heavy atom. The van der Waals surface area contributed by atoms with Gasteiger partial charge in [0.1, 0.15) is 5.82 Å². The molecule has 0 spiro atoms. The molecule has 1 unspecified atom stereocenters. The Kier molecular flexibility index (Phi) is 4.33. The summed E-state index contributed by atoms with van der Waals surface area (Å²) in [6.07, 6.45) is 1.04. The van der Waals surface area contributed by atoms with Gasteiger partial charge >= 0.3 is 0 Å². The summed E-state index contributed by atoms with van der Waals surface area (Å²) < 4.78 is 0. The average molecular weight is 261 g/mol. The molecule has 4 heteroatoms. The summed E-state index contributed by atoms with van der Waals surface area (Å²) in [6, 6.07) is 10.7. The van der Waals surface area contributed by atoms with Crippen molar-refractivity contribution in [2.75, 3.05) is 11.9 Å². The van der Waals surface area contributed by atoms with Gasteiger partial charge in [-0.2, -0.15) is 0 Å². The van der Waals surface area contributed by atoms with Gasteiger partial charge in [0.2, 0.25) is 0 Å². The molecule has 0 bridgehead atoms. The summed E-state index contributed by atoms with van der Waals surface area (Å²) in [5.41, 5.74) is 6.56. The molecule has 1 atom stereocenters. The van der Waals surface area contributed by atoms with Gasteiger partial charge in [-0.05, 0) is 30.5 Å². The summed E-state index contributed by atoms with van der Waals surface area (Å²) in [5, 5.41) is 2.12. The first kappa shape index (κ1) is 13.1. The number of likely N-dealkylation sites (N-methyl/N-ethyl adjacent to an activating group) is 1. The van der Waals surface area contributed by atoms with Crippen LogP contribution in [-0.2, 0) is 13.0 Å². The van der Waals surface area contributed by atoms with Crippen LogP contribution in [0, 0.1) is 0 Å². The predicted octanol–water partition coefficient (Wildman–Crippen LogP) is 2.67. The Morgan fingerprint density at radius 1 is 1.33 bits per heavy atom. The first-order valence-electron chi connectivity index (χ1n) is 6.12. The second-order valence-corrected chi connectivity index (χ2v) is 5.47. The van der Waals surface area contributed by atoms with Crippen molar-refractivity contribution in [2.45, 2.75) is 25.9 Å². The summed E-state index contributed by atoms with van der Waals surface area (Å²) in [6.45, 7) is 2.71. The summed E-state index contributed by atoms with van der Waals surface area (Å²) in [4.78, 5) is 8.16. The molecular formula is C14H19N3S. The third-order valence-corrected chi connectivity index (χ3v) is 4.00. The Morgan fingerprint density at radius 3 is 2.83 bits per heavy atom. The second kappa shape index (κ2) is 5.98. The number of anilines is 1. The number of rotatable bonds is 5. The van der Waals surface area contributed by atoms with E-state index in [0.717, 1.165) is 17.9 Å². The van der Waals surface area contributed by atoms with E-state index < -0.39 is 0 Å². The van der Waals surface area contributed by atoms with Crippen LogP contribution in [0.4, 0.5) is 5.82 Å². The maximum absolute atomic E-state index is 5.63. The van der Waals surface area contributed by atoms with Crippen LogP contribution < -0.4 is 10.6 Å². The minimum Gasteiger partial charge on any atom is -0.357 e. The lowest BCUT2D eigenvalue weighted by Crippen LogP contribution is -2.31. The first-order valence-corrected chi connectivity index (χ1v) is 7.00. The molecule has 0 aliphatic rings. The summed E-state index contributed by atoms with van der Waals surface area (Å²) in [5.74, 6) is 0.988. The topological polar surface area (TPSA) is 42.1 Å². The van der Waals surface area contributed by atoms with E-state index in [1.165, 1.54) is 4.88 Å². The van der Waals surface area contributed by atoms with Gasteiger partial charge in [0.15, 0.2) is 0 Å². The normalized spacial score (nSPS) is 12.4. The molecule has 2 N–H and O–H groups in total. The molecule has 2 rings (SSSR count). The van der Waals surface area contributed by atoms with Gasteiger partial charge in [-0.3, -0.25) is 0 Å². The van der Waals surface area contributed by atoms with E-state index in [-0.39, 0.29) is 0 Å². The highest BCUT2D eigenvalue weighted by Gasteiger charge is 2.12. The van der Waals surface area contributed by atoms with Crippen molar-refractivity contribution in [1.82, 2.24) is 4.98 Å². The summed E-state index contributed by atoms with van der Waals surface area (Å²) >= 11 is 1.80. The predicted molar refractivity (Wildman–Crippen MR) is 78.0 cm³/mol. The number of nitrogens with two attached hydrogens (primary N) is 1. The number of hydrogen-bond donors (Lipinski definition) is 1. The van der Waals surface area contributed by atoms with Crippen molar-refractivity contribution in [3.05, 3.63) is 46.3 Å². The molecule has 0 fully saturated rings. The quantitative estimate of drug-likeness (QED) is 0.899. The van der Waals surface area contributed by atoms with E-state index in [4.69, 9.17) is 5.73 Å². The van der Waals surface area contributed by atoms with Gasteiger partial charge in [-0.15, -0.1) is 11.3 Å². The molecule has 2 aromatic heterocycles. The lowest BCUT2D eigenvalue weighted by molar-refractivity contribution is 0.678. The van der Waals surface area contributed by atoms with Crippen LogP contribution in [0.3, 0.4) is 0 Å². The van der Waals surface area contributed by atoms with Gasteiger partial charge in [0.25, 0.3) is 0 Å². The summed E-state index contributed by atoms with van der Waals surface area (Å²) in [7, 11) is 2.08. The van der Waals surface area contributed by atoms with Gasteiger partial charge in [-0.25, -0.2) is 4.98 Å². The molecule has 0 amide bonds. The van der Waals surface area contributed by atoms with Crippen LogP contribution in [-0.4, -0.2) is 18.1 Å². The molecule has 0 saturated heterocycles. The van der Waals surface area contributed by atoms with E-state index in [9.17, 15) is 0 Å². The van der Waals surface area contributed by atoms with E-state index in [1.807, 2.05) is 18.2 Å². The van der Waals surface area contributed by atoms with E-state index in [0.29, 0.717) is 12.6 Å². The van der Waals surface area contributed by atoms with Crippen molar-refractivity contribution in [3.63, 3.8) is 0 Å². The highest BCUT2D eigenvalue weighted by Crippen LogP contribution is 2.18. The Balaban J connectivity index is 2.07. The Labute approximate surface area is 112 Å². The lowest BCUT2D eigenvalue weighted by Gasteiger charge is -2.26. The van der Waals surface area contributed by atoms with Crippen LogP contribution in [0.25, 0.3) is 0 Å². The minimum atomic E-state index is 0.421. The third-order valence-electron chi connectivity index (χ3n) is 3.10. The smallest absolute Gasteiger partial charge is 0.128 e. The molecule has 0 aromatic carbocycles. The van der Waals surface area contributed by atoms with Gasteiger partial charge in [0, 0.05) is 30.9 Å². The van der Waals surface area contributed by atoms with Gasteiger partial charge in [-0.1, -0.05) is 12.1 Å². The molecular weight excluding hydrogens is 242 g/mol.